The number of benzene rings is 1. The van der Waals surface area contributed by atoms with Gasteiger partial charge in [0.05, 0.1) is 6.20 Å². The number of aryl methyl sites for hydroxylation is 1. The van der Waals surface area contributed by atoms with Crippen molar-refractivity contribution in [2.45, 2.75) is 25.7 Å². The van der Waals surface area contributed by atoms with Crippen molar-refractivity contribution in [3.63, 3.8) is 0 Å². The first-order chi connectivity index (χ1) is 8.75. The first-order valence-corrected chi connectivity index (χ1v) is 6.38. The number of aromatic nitrogens is 2. The number of halogens is 1. The molecule has 92 valence electrons. The first kappa shape index (κ1) is 11.5. The fraction of sp³-hybridized carbons (Fsp3) is 0.286. The second kappa shape index (κ2) is 4.58. The van der Waals surface area contributed by atoms with Crippen molar-refractivity contribution in [3.05, 3.63) is 46.6 Å². The van der Waals surface area contributed by atoms with Crippen molar-refractivity contribution >= 4 is 11.6 Å². The topological polar surface area (TPSA) is 35.0 Å². The SMILES string of the molecule is Cc1cccc(C2CC2)c1Oc1nnccc1Cl. The Balaban J connectivity index is 1.99. The van der Waals surface area contributed by atoms with E-state index in [0.717, 1.165) is 11.3 Å². The van der Waals surface area contributed by atoms with Crippen LogP contribution in [0.1, 0.15) is 29.9 Å². The zero-order valence-electron chi connectivity index (χ0n) is 10.1. The van der Waals surface area contributed by atoms with E-state index in [9.17, 15) is 0 Å². The minimum Gasteiger partial charge on any atom is -0.436 e. The maximum atomic E-state index is 6.05. The maximum absolute atomic E-state index is 6.05. The van der Waals surface area contributed by atoms with Crippen LogP contribution < -0.4 is 4.74 Å². The largest absolute Gasteiger partial charge is 0.436 e. The average Bonchev–Trinajstić information content (AvgIpc) is 3.18. The van der Waals surface area contributed by atoms with Crippen LogP contribution in [0.25, 0.3) is 0 Å². The quantitative estimate of drug-likeness (QED) is 0.833. The van der Waals surface area contributed by atoms with Gasteiger partial charge in [0.2, 0.25) is 0 Å². The highest BCUT2D eigenvalue weighted by Crippen LogP contribution is 2.46. The summed E-state index contributed by atoms with van der Waals surface area (Å²) in [7, 11) is 0. The Morgan fingerprint density at radius 3 is 2.83 bits per heavy atom. The Morgan fingerprint density at radius 2 is 2.11 bits per heavy atom. The summed E-state index contributed by atoms with van der Waals surface area (Å²) < 4.78 is 5.87. The molecule has 3 rings (SSSR count). The van der Waals surface area contributed by atoms with Gasteiger partial charge < -0.3 is 4.74 Å². The summed E-state index contributed by atoms with van der Waals surface area (Å²) in [6, 6.07) is 7.89. The zero-order valence-corrected chi connectivity index (χ0v) is 10.8. The molecule has 0 radical (unpaired) electrons. The minimum atomic E-state index is 0.371. The predicted molar refractivity (Wildman–Crippen MR) is 70.3 cm³/mol. The average molecular weight is 261 g/mol. The van der Waals surface area contributed by atoms with Crippen LogP contribution >= 0.6 is 11.6 Å². The summed E-state index contributed by atoms with van der Waals surface area (Å²) in [5, 5.41) is 8.21. The van der Waals surface area contributed by atoms with Crippen LogP contribution in [0.4, 0.5) is 0 Å². The number of hydrogen-bond donors (Lipinski definition) is 0. The van der Waals surface area contributed by atoms with Gasteiger partial charge in [0, 0.05) is 0 Å². The maximum Gasteiger partial charge on any atom is 0.257 e. The highest BCUT2D eigenvalue weighted by Gasteiger charge is 2.27. The molecule has 0 spiro atoms. The van der Waals surface area contributed by atoms with Gasteiger partial charge >= 0.3 is 0 Å². The minimum absolute atomic E-state index is 0.371. The molecule has 0 amide bonds. The second-order valence-electron chi connectivity index (χ2n) is 4.55. The van der Waals surface area contributed by atoms with Crippen molar-refractivity contribution in [1.82, 2.24) is 10.2 Å². The Bertz CT molecular complexity index is 582. The van der Waals surface area contributed by atoms with Gasteiger partial charge in [-0.05, 0) is 42.9 Å². The number of hydrogen-bond acceptors (Lipinski definition) is 3. The van der Waals surface area contributed by atoms with Crippen LogP contribution in [-0.4, -0.2) is 10.2 Å². The molecular formula is C14H13ClN2O. The molecule has 1 heterocycles. The molecule has 0 saturated heterocycles. The summed E-state index contributed by atoms with van der Waals surface area (Å²) in [6.45, 7) is 2.03. The van der Waals surface area contributed by atoms with E-state index >= 15 is 0 Å². The van der Waals surface area contributed by atoms with Gasteiger partial charge in [0.25, 0.3) is 5.88 Å². The number of nitrogens with zero attached hydrogens (tertiary/aromatic N) is 2. The van der Waals surface area contributed by atoms with Gasteiger partial charge in [0.1, 0.15) is 10.8 Å². The molecule has 0 aliphatic heterocycles. The van der Waals surface area contributed by atoms with Gasteiger partial charge in [-0.2, -0.15) is 5.10 Å². The standard InChI is InChI=1S/C14H13ClN2O/c1-9-3-2-4-11(10-5-6-10)13(9)18-14-12(15)7-8-16-17-14/h2-4,7-8,10H,5-6H2,1H3. The van der Waals surface area contributed by atoms with Crippen LogP contribution in [-0.2, 0) is 0 Å². The number of para-hydroxylation sites is 1. The van der Waals surface area contributed by atoms with E-state index in [-0.39, 0.29) is 0 Å². The summed E-state index contributed by atoms with van der Waals surface area (Å²) in [5.41, 5.74) is 2.35. The van der Waals surface area contributed by atoms with Gasteiger partial charge in [-0.3, -0.25) is 0 Å². The Labute approximate surface area is 111 Å². The molecule has 1 aliphatic carbocycles. The van der Waals surface area contributed by atoms with E-state index < -0.39 is 0 Å². The molecular weight excluding hydrogens is 248 g/mol. The lowest BCUT2D eigenvalue weighted by Crippen LogP contribution is -1.96. The molecule has 0 bridgehead atoms. The summed E-state index contributed by atoms with van der Waals surface area (Å²) >= 11 is 6.05. The monoisotopic (exact) mass is 260 g/mol. The number of ether oxygens (including phenoxy) is 1. The first-order valence-electron chi connectivity index (χ1n) is 6.00. The van der Waals surface area contributed by atoms with Crippen LogP contribution in [0, 0.1) is 6.92 Å². The van der Waals surface area contributed by atoms with Crippen molar-refractivity contribution in [3.8, 4) is 11.6 Å². The molecule has 1 fully saturated rings. The molecule has 18 heavy (non-hydrogen) atoms. The molecule has 3 nitrogen and oxygen atoms in total. The van der Waals surface area contributed by atoms with E-state index in [1.54, 1.807) is 12.3 Å². The lowest BCUT2D eigenvalue weighted by molar-refractivity contribution is 0.446. The third-order valence-electron chi connectivity index (χ3n) is 3.10. The van der Waals surface area contributed by atoms with E-state index in [1.807, 2.05) is 13.0 Å². The number of rotatable bonds is 3. The lowest BCUT2D eigenvalue weighted by Gasteiger charge is -2.12. The third kappa shape index (κ3) is 2.18. The predicted octanol–water partition coefficient (Wildman–Crippen LogP) is 4.11. The highest BCUT2D eigenvalue weighted by molar-refractivity contribution is 6.31. The Kier molecular flexibility index (Phi) is 2.92. The third-order valence-corrected chi connectivity index (χ3v) is 3.39. The van der Waals surface area contributed by atoms with E-state index in [0.29, 0.717) is 16.8 Å². The highest BCUT2D eigenvalue weighted by atomic mass is 35.5. The van der Waals surface area contributed by atoms with Crippen LogP contribution in [0.2, 0.25) is 5.02 Å². The van der Waals surface area contributed by atoms with Gasteiger partial charge in [-0.15, -0.1) is 5.10 Å². The fourth-order valence-corrected chi connectivity index (χ4v) is 2.13. The fourth-order valence-electron chi connectivity index (χ4n) is 2.00. The summed E-state index contributed by atoms with van der Waals surface area (Å²) in [5.74, 6) is 1.87. The van der Waals surface area contributed by atoms with Gasteiger partial charge in [-0.1, -0.05) is 29.8 Å². The normalized spacial score (nSPS) is 14.6. The molecule has 1 aromatic carbocycles. The van der Waals surface area contributed by atoms with Crippen molar-refractivity contribution < 1.29 is 4.74 Å². The summed E-state index contributed by atoms with van der Waals surface area (Å²) in [4.78, 5) is 0. The molecule has 1 aromatic heterocycles. The Hall–Kier alpha value is -1.61. The lowest BCUT2D eigenvalue weighted by atomic mass is 10.1. The Morgan fingerprint density at radius 1 is 1.28 bits per heavy atom. The van der Waals surface area contributed by atoms with E-state index in [2.05, 4.69) is 22.3 Å². The molecule has 2 aromatic rings. The molecule has 0 unspecified atom stereocenters. The van der Waals surface area contributed by atoms with Crippen LogP contribution in [0.5, 0.6) is 11.6 Å². The molecule has 1 aliphatic rings. The molecule has 4 heteroatoms. The van der Waals surface area contributed by atoms with Crippen molar-refractivity contribution in [2.24, 2.45) is 0 Å². The van der Waals surface area contributed by atoms with Crippen molar-refractivity contribution in [2.75, 3.05) is 0 Å². The van der Waals surface area contributed by atoms with Crippen LogP contribution in [0.3, 0.4) is 0 Å². The van der Waals surface area contributed by atoms with Crippen LogP contribution in [0.15, 0.2) is 30.5 Å². The second-order valence-corrected chi connectivity index (χ2v) is 4.96. The van der Waals surface area contributed by atoms with E-state index in [4.69, 9.17) is 16.3 Å². The molecule has 0 N–H and O–H groups in total. The van der Waals surface area contributed by atoms with Gasteiger partial charge in [0.15, 0.2) is 0 Å². The smallest absolute Gasteiger partial charge is 0.257 e. The van der Waals surface area contributed by atoms with E-state index in [1.165, 1.54) is 18.4 Å². The molecule has 0 atom stereocenters. The van der Waals surface area contributed by atoms with Gasteiger partial charge in [-0.25, -0.2) is 0 Å². The van der Waals surface area contributed by atoms with Crippen molar-refractivity contribution in [1.29, 1.82) is 0 Å². The summed E-state index contributed by atoms with van der Waals surface area (Å²) in [6.07, 6.45) is 4.01. The molecule has 1 saturated carbocycles. The zero-order chi connectivity index (χ0) is 12.5.